The fraction of sp³-hybridized carbons (Fsp3) is 0.635. The molecule has 0 aliphatic carbocycles. The highest BCUT2D eigenvalue weighted by molar-refractivity contribution is 5.71. The fourth-order valence-corrected chi connectivity index (χ4v) is 7.39. The van der Waals surface area contributed by atoms with Gasteiger partial charge in [0.1, 0.15) is 13.2 Å². The van der Waals surface area contributed by atoms with Crippen LogP contribution in [-0.4, -0.2) is 37.2 Å². The van der Waals surface area contributed by atoms with E-state index >= 15 is 0 Å². The number of rotatable bonds is 49. The van der Waals surface area contributed by atoms with Crippen molar-refractivity contribution in [3.05, 3.63) is 122 Å². The lowest BCUT2D eigenvalue weighted by Gasteiger charge is -2.18. The number of esters is 3. The molecule has 0 aliphatic heterocycles. The number of hydrogen-bond acceptors (Lipinski definition) is 6. The molecule has 390 valence electrons. The van der Waals surface area contributed by atoms with Crippen LogP contribution in [0.3, 0.4) is 0 Å². The Bertz CT molecular complexity index is 1470. The van der Waals surface area contributed by atoms with Crippen molar-refractivity contribution in [2.45, 2.75) is 245 Å². The predicted octanol–water partition coefficient (Wildman–Crippen LogP) is 18.9. The molecule has 0 saturated heterocycles. The summed E-state index contributed by atoms with van der Waals surface area (Å²) < 4.78 is 16.8. The summed E-state index contributed by atoms with van der Waals surface area (Å²) in [7, 11) is 0. The molecule has 6 nitrogen and oxygen atoms in total. The van der Waals surface area contributed by atoms with Gasteiger partial charge in [-0.3, -0.25) is 14.4 Å². The lowest BCUT2D eigenvalue weighted by molar-refractivity contribution is -0.167. The standard InChI is InChI=1S/C63H102O6/c1-4-7-10-13-16-19-22-25-28-31-33-35-38-41-44-47-50-53-56-62(65)68-59-60(58-67-61(64)55-52-49-46-43-40-37-34-30-27-24-21-18-15-12-9-6-3)69-63(66)57-54-51-48-45-42-39-36-32-29-26-23-20-17-14-11-8-5-2/h8,10-11,13,16-17,19-20,22,25-26,28-29,31,33,35-36,39,45,48,60H,4-7,9,12,14-15,18,21,23-24,27,30,32,34,37-38,40-44,46-47,49-59H2,1-3H3/b11-8-,13-10-,19-16-,20-17-,25-22-,29-26-,31-28-,35-33-,39-36-,48-45-. The van der Waals surface area contributed by atoms with E-state index in [1.165, 1.54) is 89.9 Å². The third kappa shape index (κ3) is 54.6. The van der Waals surface area contributed by atoms with Gasteiger partial charge >= 0.3 is 17.9 Å². The van der Waals surface area contributed by atoms with Crippen LogP contribution < -0.4 is 0 Å². The van der Waals surface area contributed by atoms with Crippen molar-refractivity contribution in [2.75, 3.05) is 13.2 Å². The minimum Gasteiger partial charge on any atom is -0.462 e. The first-order chi connectivity index (χ1) is 34.0. The molecular formula is C63H102O6. The molecule has 1 unspecified atom stereocenters. The van der Waals surface area contributed by atoms with Gasteiger partial charge in [-0.15, -0.1) is 0 Å². The number of carbonyl (C=O) groups excluding carboxylic acids is 3. The van der Waals surface area contributed by atoms with Gasteiger partial charge in [-0.05, 0) is 77.0 Å². The van der Waals surface area contributed by atoms with Crippen molar-refractivity contribution >= 4 is 17.9 Å². The normalized spacial score (nSPS) is 13.0. The molecule has 0 radical (unpaired) electrons. The van der Waals surface area contributed by atoms with E-state index in [-0.39, 0.29) is 37.5 Å². The van der Waals surface area contributed by atoms with Crippen LogP contribution in [0.1, 0.15) is 239 Å². The van der Waals surface area contributed by atoms with E-state index in [1.807, 2.05) is 24.3 Å². The minimum absolute atomic E-state index is 0.110. The van der Waals surface area contributed by atoms with Crippen molar-refractivity contribution in [1.82, 2.24) is 0 Å². The van der Waals surface area contributed by atoms with Crippen LogP contribution in [0.15, 0.2) is 122 Å². The molecule has 0 aromatic carbocycles. The van der Waals surface area contributed by atoms with Crippen LogP contribution in [0.2, 0.25) is 0 Å². The maximum Gasteiger partial charge on any atom is 0.306 e. The Morgan fingerprint density at radius 1 is 0.319 bits per heavy atom. The van der Waals surface area contributed by atoms with Gasteiger partial charge in [-0.25, -0.2) is 0 Å². The highest BCUT2D eigenvalue weighted by atomic mass is 16.6. The first-order valence-corrected chi connectivity index (χ1v) is 28.1. The number of hydrogen-bond donors (Lipinski definition) is 0. The van der Waals surface area contributed by atoms with E-state index in [0.29, 0.717) is 19.3 Å². The largest absolute Gasteiger partial charge is 0.462 e. The first-order valence-electron chi connectivity index (χ1n) is 28.1. The molecule has 0 bridgehead atoms. The summed E-state index contributed by atoms with van der Waals surface area (Å²) >= 11 is 0. The summed E-state index contributed by atoms with van der Waals surface area (Å²) in [5.41, 5.74) is 0. The highest BCUT2D eigenvalue weighted by Gasteiger charge is 2.19. The zero-order valence-corrected chi connectivity index (χ0v) is 44.5. The average Bonchev–Trinajstić information content (AvgIpc) is 3.35. The third-order valence-corrected chi connectivity index (χ3v) is 11.6. The molecule has 0 aliphatic rings. The lowest BCUT2D eigenvalue weighted by atomic mass is 10.0. The van der Waals surface area contributed by atoms with E-state index < -0.39 is 6.10 Å². The Morgan fingerprint density at radius 2 is 0.667 bits per heavy atom. The van der Waals surface area contributed by atoms with E-state index in [2.05, 4.69) is 118 Å². The second-order valence-electron chi connectivity index (χ2n) is 18.2. The van der Waals surface area contributed by atoms with Crippen LogP contribution in [-0.2, 0) is 28.6 Å². The monoisotopic (exact) mass is 955 g/mol. The number of carbonyl (C=O) groups is 3. The molecule has 1 atom stereocenters. The predicted molar refractivity (Wildman–Crippen MR) is 297 cm³/mol. The maximum atomic E-state index is 12.8. The van der Waals surface area contributed by atoms with Gasteiger partial charge in [0, 0.05) is 19.3 Å². The van der Waals surface area contributed by atoms with Crippen LogP contribution in [0.4, 0.5) is 0 Å². The topological polar surface area (TPSA) is 78.9 Å². The molecule has 6 heteroatoms. The van der Waals surface area contributed by atoms with Gasteiger partial charge < -0.3 is 14.2 Å². The molecule has 0 amide bonds. The van der Waals surface area contributed by atoms with Gasteiger partial charge in [0.25, 0.3) is 0 Å². The third-order valence-electron chi connectivity index (χ3n) is 11.6. The van der Waals surface area contributed by atoms with Crippen molar-refractivity contribution in [2.24, 2.45) is 0 Å². The summed E-state index contributed by atoms with van der Waals surface area (Å²) in [6.07, 6.45) is 77.5. The maximum absolute atomic E-state index is 12.8. The Balaban J connectivity index is 4.54. The molecule has 0 aromatic heterocycles. The van der Waals surface area contributed by atoms with Crippen molar-refractivity contribution in [1.29, 1.82) is 0 Å². The first kappa shape index (κ1) is 64.8. The van der Waals surface area contributed by atoms with E-state index in [9.17, 15) is 14.4 Å². The van der Waals surface area contributed by atoms with Crippen molar-refractivity contribution in [3.63, 3.8) is 0 Å². The Kier molecular flexibility index (Phi) is 53.0. The molecule has 0 fully saturated rings. The van der Waals surface area contributed by atoms with Crippen LogP contribution in [0.25, 0.3) is 0 Å². The van der Waals surface area contributed by atoms with Crippen LogP contribution in [0.5, 0.6) is 0 Å². The molecular weight excluding hydrogens is 853 g/mol. The SMILES string of the molecule is CC/C=C\C/C=C\C/C=C\C/C=C\C/C=C\CCCC(=O)OC(COC(=O)CCCCCCC\C=C/C=C\C=C/C=C\C=C/CCC)COC(=O)CCCCCCCCCCCCCCCCCC. The molecule has 0 spiro atoms. The van der Waals surface area contributed by atoms with Crippen LogP contribution >= 0.6 is 0 Å². The smallest absolute Gasteiger partial charge is 0.306 e. The van der Waals surface area contributed by atoms with E-state index in [4.69, 9.17) is 14.2 Å². The second-order valence-corrected chi connectivity index (χ2v) is 18.2. The summed E-state index contributed by atoms with van der Waals surface area (Å²) in [6.45, 7) is 6.37. The zero-order valence-electron chi connectivity index (χ0n) is 44.5. The van der Waals surface area contributed by atoms with Gasteiger partial charge in [0.2, 0.25) is 0 Å². The number of ether oxygens (including phenoxy) is 3. The average molecular weight is 956 g/mol. The molecule has 0 heterocycles. The quantitative estimate of drug-likeness (QED) is 0.0199. The lowest BCUT2D eigenvalue weighted by Crippen LogP contribution is -2.30. The van der Waals surface area contributed by atoms with Crippen molar-refractivity contribution in [3.8, 4) is 0 Å². The second kappa shape index (κ2) is 56.4. The summed E-state index contributed by atoms with van der Waals surface area (Å²) in [4.78, 5) is 38.1. The molecule has 0 aromatic rings. The summed E-state index contributed by atoms with van der Waals surface area (Å²) in [5.74, 6) is -0.996. The molecule has 69 heavy (non-hydrogen) atoms. The van der Waals surface area contributed by atoms with Crippen LogP contribution in [0, 0.1) is 0 Å². The highest BCUT2D eigenvalue weighted by Crippen LogP contribution is 2.15. The Morgan fingerprint density at radius 3 is 1.10 bits per heavy atom. The molecule has 0 N–H and O–H groups in total. The van der Waals surface area contributed by atoms with Gasteiger partial charge in [-0.2, -0.15) is 0 Å². The fourth-order valence-electron chi connectivity index (χ4n) is 7.39. The minimum atomic E-state index is -0.821. The molecule has 0 saturated carbocycles. The van der Waals surface area contributed by atoms with Crippen molar-refractivity contribution < 1.29 is 28.6 Å². The Labute approximate surface area is 424 Å². The Hall–Kier alpha value is -4.19. The summed E-state index contributed by atoms with van der Waals surface area (Å²) in [6, 6.07) is 0. The van der Waals surface area contributed by atoms with E-state index in [0.717, 1.165) is 103 Å². The molecule has 0 rings (SSSR count). The van der Waals surface area contributed by atoms with Gasteiger partial charge in [0.05, 0.1) is 0 Å². The van der Waals surface area contributed by atoms with E-state index in [1.54, 1.807) is 0 Å². The van der Waals surface area contributed by atoms with Gasteiger partial charge in [-0.1, -0.05) is 264 Å². The zero-order chi connectivity index (χ0) is 50.0. The van der Waals surface area contributed by atoms with Gasteiger partial charge in [0.15, 0.2) is 6.10 Å². The number of unbranched alkanes of at least 4 members (excludes halogenated alkanes) is 22. The number of allylic oxidation sites excluding steroid dienone is 20. The summed E-state index contributed by atoms with van der Waals surface area (Å²) in [5, 5.41) is 0.